The van der Waals surface area contributed by atoms with Gasteiger partial charge < -0.3 is 5.32 Å². The first-order valence-electron chi connectivity index (χ1n) is 7.24. The molecular weight excluding hydrogens is 333 g/mol. The molecule has 2 aromatic rings. The molecule has 21 heavy (non-hydrogen) atoms. The Balaban J connectivity index is 2.27. The summed E-state index contributed by atoms with van der Waals surface area (Å²) in [6.07, 6.45) is 3.79. The van der Waals surface area contributed by atoms with Crippen molar-refractivity contribution in [2.75, 3.05) is 6.54 Å². The van der Waals surface area contributed by atoms with E-state index >= 15 is 0 Å². The molecule has 1 heterocycles. The second-order valence-electron chi connectivity index (χ2n) is 5.12. The Morgan fingerprint density at radius 3 is 2.76 bits per heavy atom. The van der Waals surface area contributed by atoms with Gasteiger partial charge in [-0.15, -0.1) is 0 Å². The molecule has 1 atom stereocenters. The highest BCUT2D eigenvalue weighted by Crippen LogP contribution is 2.24. The third-order valence-corrected chi connectivity index (χ3v) is 4.13. The van der Waals surface area contributed by atoms with Crippen LogP contribution in [0.4, 0.5) is 4.39 Å². The maximum atomic E-state index is 13.4. The van der Waals surface area contributed by atoms with Crippen molar-refractivity contribution in [1.29, 1.82) is 0 Å². The Hall–Kier alpha value is -1.20. The van der Waals surface area contributed by atoms with Crippen molar-refractivity contribution in [3.63, 3.8) is 0 Å². The first kappa shape index (κ1) is 16.2. The molecule has 3 nitrogen and oxygen atoms in total. The molecule has 0 saturated carbocycles. The fraction of sp³-hybridized carbons (Fsp3) is 0.438. The Bertz CT molecular complexity index is 610. The molecule has 1 N–H and O–H groups in total. The number of benzene rings is 1. The lowest BCUT2D eigenvalue weighted by molar-refractivity contribution is 0.544. The second kappa shape index (κ2) is 7.18. The minimum Gasteiger partial charge on any atom is -0.310 e. The molecule has 0 saturated heterocycles. The van der Waals surface area contributed by atoms with E-state index in [9.17, 15) is 4.39 Å². The lowest BCUT2D eigenvalue weighted by atomic mass is 9.98. The van der Waals surface area contributed by atoms with Crippen LogP contribution in [0.2, 0.25) is 0 Å². The van der Waals surface area contributed by atoms with Gasteiger partial charge in [0.05, 0.1) is 10.2 Å². The van der Waals surface area contributed by atoms with Crippen LogP contribution in [-0.2, 0) is 19.9 Å². The zero-order valence-corrected chi connectivity index (χ0v) is 14.2. The number of hydrogen-bond acceptors (Lipinski definition) is 2. The van der Waals surface area contributed by atoms with Gasteiger partial charge in [-0.1, -0.05) is 19.9 Å². The van der Waals surface area contributed by atoms with E-state index in [0.29, 0.717) is 4.47 Å². The molecule has 1 aromatic heterocycles. The summed E-state index contributed by atoms with van der Waals surface area (Å²) in [7, 11) is 1.94. The lowest BCUT2D eigenvalue weighted by Crippen LogP contribution is -2.23. The van der Waals surface area contributed by atoms with Crippen LogP contribution in [0.25, 0.3) is 0 Å². The van der Waals surface area contributed by atoms with Crippen molar-refractivity contribution in [1.82, 2.24) is 15.1 Å². The predicted octanol–water partition coefficient (Wildman–Crippen LogP) is 3.78. The summed E-state index contributed by atoms with van der Waals surface area (Å²) >= 11 is 3.25. The van der Waals surface area contributed by atoms with E-state index < -0.39 is 0 Å². The van der Waals surface area contributed by atoms with Crippen LogP contribution >= 0.6 is 15.9 Å². The van der Waals surface area contributed by atoms with Gasteiger partial charge in [0.2, 0.25) is 0 Å². The molecule has 0 spiro atoms. The SMILES string of the molecule is CCNC(Cc1ccc(F)c(Br)c1)c1cn(C)nc1CC. The standard InChI is InChI=1S/C16H21BrFN3/c1-4-15-12(10-21(3)20-15)16(19-5-2)9-11-6-7-14(18)13(17)8-11/h6-8,10,16,19H,4-5,9H2,1-3H3. The molecule has 114 valence electrons. The highest BCUT2D eigenvalue weighted by Gasteiger charge is 2.18. The summed E-state index contributed by atoms with van der Waals surface area (Å²) in [6, 6.07) is 5.39. The summed E-state index contributed by atoms with van der Waals surface area (Å²) in [5, 5.41) is 8.02. The average Bonchev–Trinajstić information content (AvgIpc) is 2.83. The monoisotopic (exact) mass is 353 g/mol. The predicted molar refractivity (Wildman–Crippen MR) is 86.8 cm³/mol. The van der Waals surface area contributed by atoms with Crippen molar-refractivity contribution in [3.8, 4) is 0 Å². The molecule has 2 rings (SSSR count). The zero-order chi connectivity index (χ0) is 15.4. The van der Waals surface area contributed by atoms with E-state index in [-0.39, 0.29) is 11.9 Å². The minimum absolute atomic E-state index is 0.191. The van der Waals surface area contributed by atoms with Crippen molar-refractivity contribution < 1.29 is 4.39 Å². The second-order valence-corrected chi connectivity index (χ2v) is 5.98. The number of hydrogen-bond donors (Lipinski definition) is 1. The van der Waals surface area contributed by atoms with Gasteiger partial charge in [-0.25, -0.2) is 4.39 Å². The smallest absolute Gasteiger partial charge is 0.137 e. The van der Waals surface area contributed by atoms with E-state index in [1.807, 2.05) is 23.9 Å². The quantitative estimate of drug-likeness (QED) is 0.856. The van der Waals surface area contributed by atoms with Gasteiger partial charge in [0.1, 0.15) is 5.82 Å². The van der Waals surface area contributed by atoms with Crippen LogP contribution < -0.4 is 5.32 Å². The Labute approximate surface area is 133 Å². The molecule has 0 aliphatic heterocycles. The molecular formula is C16H21BrFN3. The number of aryl methyl sites for hydroxylation is 2. The van der Waals surface area contributed by atoms with Crippen molar-refractivity contribution in [2.24, 2.45) is 7.05 Å². The molecule has 0 aliphatic rings. The van der Waals surface area contributed by atoms with Gasteiger partial charge >= 0.3 is 0 Å². The van der Waals surface area contributed by atoms with Crippen molar-refractivity contribution >= 4 is 15.9 Å². The van der Waals surface area contributed by atoms with Gasteiger partial charge in [-0.2, -0.15) is 5.10 Å². The number of aromatic nitrogens is 2. The third-order valence-electron chi connectivity index (χ3n) is 3.52. The summed E-state index contributed by atoms with van der Waals surface area (Å²) in [5.74, 6) is -0.227. The molecule has 0 aliphatic carbocycles. The molecule has 0 fully saturated rings. The van der Waals surface area contributed by atoms with E-state index in [1.54, 1.807) is 0 Å². The van der Waals surface area contributed by atoms with Gasteiger partial charge in [0.25, 0.3) is 0 Å². The van der Waals surface area contributed by atoms with Gasteiger partial charge in [0.15, 0.2) is 0 Å². The van der Waals surface area contributed by atoms with Crippen LogP contribution in [0.15, 0.2) is 28.9 Å². The lowest BCUT2D eigenvalue weighted by Gasteiger charge is -2.18. The van der Waals surface area contributed by atoms with Crippen LogP contribution in [0.5, 0.6) is 0 Å². The first-order chi connectivity index (χ1) is 10.0. The first-order valence-corrected chi connectivity index (χ1v) is 8.04. The number of rotatable bonds is 6. The van der Waals surface area contributed by atoms with Gasteiger partial charge in [-0.05, 0) is 53.0 Å². The van der Waals surface area contributed by atoms with Gasteiger partial charge in [0, 0.05) is 24.8 Å². The largest absolute Gasteiger partial charge is 0.310 e. The summed E-state index contributed by atoms with van der Waals surface area (Å²) in [6.45, 7) is 5.09. The average molecular weight is 354 g/mol. The normalized spacial score (nSPS) is 12.6. The van der Waals surface area contributed by atoms with Crippen LogP contribution in [0.3, 0.4) is 0 Å². The number of nitrogens with zero attached hydrogens (tertiary/aromatic N) is 2. The minimum atomic E-state index is -0.227. The highest BCUT2D eigenvalue weighted by molar-refractivity contribution is 9.10. The Morgan fingerprint density at radius 1 is 1.38 bits per heavy atom. The van der Waals surface area contributed by atoms with Gasteiger partial charge in [-0.3, -0.25) is 4.68 Å². The van der Waals surface area contributed by atoms with Crippen LogP contribution in [0, 0.1) is 5.82 Å². The highest BCUT2D eigenvalue weighted by atomic mass is 79.9. The molecule has 0 bridgehead atoms. The number of halogens is 2. The van der Waals surface area contributed by atoms with E-state index in [2.05, 4.69) is 46.4 Å². The van der Waals surface area contributed by atoms with Crippen LogP contribution in [-0.4, -0.2) is 16.3 Å². The molecule has 1 aromatic carbocycles. The van der Waals surface area contributed by atoms with E-state index in [0.717, 1.165) is 30.6 Å². The number of likely N-dealkylation sites (N-methyl/N-ethyl adjacent to an activating group) is 1. The van der Waals surface area contributed by atoms with Crippen molar-refractivity contribution in [3.05, 3.63) is 51.5 Å². The summed E-state index contributed by atoms with van der Waals surface area (Å²) in [5.41, 5.74) is 3.44. The summed E-state index contributed by atoms with van der Waals surface area (Å²) in [4.78, 5) is 0. The zero-order valence-electron chi connectivity index (χ0n) is 12.7. The molecule has 0 radical (unpaired) electrons. The fourth-order valence-electron chi connectivity index (χ4n) is 2.56. The molecule has 1 unspecified atom stereocenters. The molecule has 5 heteroatoms. The fourth-order valence-corrected chi connectivity index (χ4v) is 2.99. The number of nitrogens with one attached hydrogen (secondary N) is 1. The maximum absolute atomic E-state index is 13.4. The van der Waals surface area contributed by atoms with E-state index in [1.165, 1.54) is 11.6 Å². The van der Waals surface area contributed by atoms with Crippen LogP contribution in [0.1, 0.15) is 36.7 Å². The van der Waals surface area contributed by atoms with E-state index in [4.69, 9.17) is 0 Å². The summed E-state index contributed by atoms with van der Waals surface area (Å²) < 4.78 is 15.7. The Morgan fingerprint density at radius 2 is 2.14 bits per heavy atom. The van der Waals surface area contributed by atoms with Crippen molar-refractivity contribution in [2.45, 2.75) is 32.7 Å². The Kier molecular flexibility index (Phi) is 5.53. The third kappa shape index (κ3) is 3.92. The molecule has 0 amide bonds. The maximum Gasteiger partial charge on any atom is 0.137 e. The topological polar surface area (TPSA) is 29.9 Å².